The summed E-state index contributed by atoms with van der Waals surface area (Å²) in [6.07, 6.45) is 4.29. The number of nitrogens with two attached hydrogens (primary N) is 3. The number of aliphatic imine (C=N–C) groups is 2. The smallest absolute Gasteiger partial charge is 0.253 e. The van der Waals surface area contributed by atoms with Crippen LogP contribution in [-0.2, 0) is 0 Å². The van der Waals surface area contributed by atoms with E-state index in [4.69, 9.17) is 17.2 Å². The first-order valence-electron chi connectivity index (χ1n) is 9.78. The van der Waals surface area contributed by atoms with Crippen molar-refractivity contribution >= 4 is 29.6 Å². The van der Waals surface area contributed by atoms with Gasteiger partial charge < -0.3 is 22.1 Å². The monoisotopic (exact) mass is 405 g/mol. The maximum atomic E-state index is 12.8. The Morgan fingerprint density at radius 3 is 2.23 bits per heavy atom. The van der Waals surface area contributed by atoms with Crippen LogP contribution in [0.15, 0.2) is 70.7 Å². The SMILES string of the molecule is NC(N)=NC(N)=Nc1ccc(C(=O)N2CCN(CC=Cc3ccccc3)CC2)cc1. The van der Waals surface area contributed by atoms with E-state index in [1.54, 1.807) is 24.3 Å². The van der Waals surface area contributed by atoms with Gasteiger partial charge in [-0.05, 0) is 29.8 Å². The fourth-order valence-electron chi connectivity index (χ4n) is 3.19. The van der Waals surface area contributed by atoms with Crippen molar-refractivity contribution in [2.75, 3.05) is 32.7 Å². The Morgan fingerprint density at radius 2 is 1.60 bits per heavy atom. The summed E-state index contributed by atoms with van der Waals surface area (Å²) >= 11 is 0. The van der Waals surface area contributed by atoms with Crippen LogP contribution in [0.3, 0.4) is 0 Å². The highest BCUT2D eigenvalue weighted by Gasteiger charge is 2.21. The van der Waals surface area contributed by atoms with E-state index in [2.05, 4.69) is 39.2 Å². The highest BCUT2D eigenvalue weighted by molar-refractivity contribution is 5.95. The van der Waals surface area contributed by atoms with Crippen molar-refractivity contribution in [1.82, 2.24) is 9.80 Å². The van der Waals surface area contributed by atoms with Gasteiger partial charge >= 0.3 is 0 Å². The molecule has 8 nitrogen and oxygen atoms in total. The number of nitrogens with zero attached hydrogens (tertiary/aromatic N) is 4. The maximum Gasteiger partial charge on any atom is 0.253 e. The highest BCUT2D eigenvalue weighted by atomic mass is 16.2. The number of rotatable bonds is 5. The van der Waals surface area contributed by atoms with E-state index in [1.165, 1.54) is 5.56 Å². The molecule has 30 heavy (non-hydrogen) atoms. The Kier molecular flexibility index (Phi) is 7.18. The first-order valence-corrected chi connectivity index (χ1v) is 9.78. The molecule has 1 fully saturated rings. The van der Waals surface area contributed by atoms with Crippen LogP contribution in [-0.4, -0.2) is 60.3 Å². The molecule has 0 atom stereocenters. The number of benzene rings is 2. The number of carbonyl (C=O) groups is 1. The molecule has 1 amide bonds. The minimum atomic E-state index is -0.155. The molecule has 156 valence electrons. The first kappa shape index (κ1) is 21.1. The zero-order valence-electron chi connectivity index (χ0n) is 16.8. The summed E-state index contributed by atoms with van der Waals surface area (Å²) in [6.45, 7) is 3.98. The lowest BCUT2D eigenvalue weighted by molar-refractivity contribution is 0.0650. The van der Waals surface area contributed by atoms with E-state index in [-0.39, 0.29) is 17.8 Å². The van der Waals surface area contributed by atoms with E-state index in [1.807, 2.05) is 23.1 Å². The van der Waals surface area contributed by atoms with Crippen LogP contribution < -0.4 is 17.2 Å². The van der Waals surface area contributed by atoms with E-state index in [9.17, 15) is 4.79 Å². The van der Waals surface area contributed by atoms with Gasteiger partial charge in [0.05, 0.1) is 5.69 Å². The maximum absolute atomic E-state index is 12.8. The highest BCUT2D eigenvalue weighted by Crippen LogP contribution is 2.15. The Labute approximate surface area is 176 Å². The second kappa shape index (κ2) is 10.2. The van der Waals surface area contributed by atoms with Crippen molar-refractivity contribution in [2.45, 2.75) is 0 Å². The molecule has 2 aromatic rings. The molecule has 2 aromatic carbocycles. The number of hydrogen-bond acceptors (Lipinski definition) is 3. The molecule has 1 heterocycles. The zero-order valence-corrected chi connectivity index (χ0v) is 16.8. The number of guanidine groups is 2. The summed E-state index contributed by atoms with van der Waals surface area (Å²) in [5.41, 5.74) is 18.5. The van der Waals surface area contributed by atoms with E-state index >= 15 is 0 Å². The third-order valence-electron chi connectivity index (χ3n) is 4.73. The van der Waals surface area contributed by atoms with Gasteiger partial charge in [-0.3, -0.25) is 9.69 Å². The fourth-order valence-corrected chi connectivity index (χ4v) is 3.19. The predicted octanol–water partition coefficient (Wildman–Crippen LogP) is 1.38. The fraction of sp³-hybridized carbons (Fsp3) is 0.227. The minimum Gasteiger partial charge on any atom is -0.370 e. The lowest BCUT2D eigenvalue weighted by atomic mass is 10.1. The number of piperazine rings is 1. The van der Waals surface area contributed by atoms with Crippen molar-refractivity contribution in [2.24, 2.45) is 27.2 Å². The molecule has 0 bridgehead atoms. The molecule has 0 saturated carbocycles. The van der Waals surface area contributed by atoms with E-state index < -0.39 is 0 Å². The summed E-state index contributed by atoms with van der Waals surface area (Å²) in [5, 5.41) is 0. The molecule has 1 aliphatic rings. The third kappa shape index (κ3) is 6.18. The topological polar surface area (TPSA) is 126 Å². The average Bonchev–Trinajstić information content (AvgIpc) is 2.74. The second-order valence-corrected chi connectivity index (χ2v) is 6.96. The Morgan fingerprint density at radius 1 is 0.933 bits per heavy atom. The third-order valence-corrected chi connectivity index (χ3v) is 4.73. The molecular weight excluding hydrogens is 378 g/mol. The van der Waals surface area contributed by atoms with E-state index in [0.717, 1.165) is 19.6 Å². The predicted molar refractivity (Wildman–Crippen MR) is 121 cm³/mol. The van der Waals surface area contributed by atoms with Crippen LogP contribution >= 0.6 is 0 Å². The van der Waals surface area contributed by atoms with Crippen molar-refractivity contribution in [1.29, 1.82) is 0 Å². The van der Waals surface area contributed by atoms with Crippen molar-refractivity contribution in [3.05, 3.63) is 71.8 Å². The summed E-state index contributed by atoms with van der Waals surface area (Å²) in [4.78, 5) is 24.7. The van der Waals surface area contributed by atoms with Crippen LogP contribution in [0.2, 0.25) is 0 Å². The molecule has 8 heteroatoms. The van der Waals surface area contributed by atoms with Gasteiger partial charge in [0.25, 0.3) is 5.91 Å². The van der Waals surface area contributed by atoms with Crippen molar-refractivity contribution in [3.63, 3.8) is 0 Å². The van der Waals surface area contributed by atoms with Gasteiger partial charge in [0.1, 0.15) is 0 Å². The van der Waals surface area contributed by atoms with Gasteiger partial charge in [0.15, 0.2) is 5.96 Å². The van der Waals surface area contributed by atoms with Crippen LogP contribution in [0.25, 0.3) is 6.08 Å². The molecule has 0 unspecified atom stereocenters. The van der Waals surface area contributed by atoms with Gasteiger partial charge in [-0.15, -0.1) is 0 Å². The summed E-state index contributed by atoms with van der Waals surface area (Å²) in [5.74, 6) is -0.175. The average molecular weight is 406 g/mol. The molecule has 0 spiro atoms. The molecule has 0 aromatic heterocycles. The van der Waals surface area contributed by atoms with Gasteiger partial charge in [-0.25, -0.2) is 4.99 Å². The van der Waals surface area contributed by atoms with Gasteiger partial charge in [0.2, 0.25) is 5.96 Å². The molecule has 0 radical (unpaired) electrons. The first-order chi connectivity index (χ1) is 14.5. The van der Waals surface area contributed by atoms with Crippen molar-refractivity contribution < 1.29 is 4.79 Å². The largest absolute Gasteiger partial charge is 0.370 e. The van der Waals surface area contributed by atoms with Gasteiger partial charge in [-0.1, -0.05) is 42.5 Å². The quantitative estimate of drug-likeness (QED) is 0.512. The number of amides is 1. The van der Waals surface area contributed by atoms with Crippen LogP contribution in [0, 0.1) is 0 Å². The Balaban J connectivity index is 1.50. The second-order valence-electron chi connectivity index (χ2n) is 6.96. The normalized spacial score (nSPS) is 15.3. The Bertz CT molecular complexity index is 924. The Hall–Kier alpha value is -3.65. The van der Waals surface area contributed by atoms with E-state index in [0.29, 0.717) is 24.3 Å². The zero-order chi connectivity index (χ0) is 21.3. The molecule has 1 aliphatic heterocycles. The summed E-state index contributed by atoms with van der Waals surface area (Å²) < 4.78 is 0. The molecular formula is C22H27N7O. The number of carbonyl (C=O) groups excluding carboxylic acids is 1. The lowest BCUT2D eigenvalue weighted by Crippen LogP contribution is -2.48. The van der Waals surface area contributed by atoms with Gasteiger partial charge in [-0.2, -0.15) is 4.99 Å². The van der Waals surface area contributed by atoms with Crippen LogP contribution in [0.4, 0.5) is 5.69 Å². The molecule has 3 rings (SSSR count). The molecule has 0 aliphatic carbocycles. The van der Waals surface area contributed by atoms with Crippen LogP contribution in [0.5, 0.6) is 0 Å². The number of hydrogen-bond donors (Lipinski definition) is 3. The van der Waals surface area contributed by atoms with Crippen molar-refractivity contribution in [3.8, 4) is 0 Å². The summed E-state index contributed by atoms with van der Waals surface area (Å²) in [7, 11) is 0. The van der Waals surface area contributed by atoms with Gasteiger partial charge in [0, 0.05) is 38.3 Å². The lowest BCUT2D eigenvalue weighted by Gasteiger charge is -2.34. The summed E-state index contributed by atoms with van der Waals surface area (Å²) in [6, 6.07) is 17.1. The minimum absolute atomic E-state index is 0.0159. The molecule has 1 saturated heterocycles. The molecule has 6 N–H and O–H groups in total. The standard InChI is InChI=1S/C22H27N7O/c23-21(24)27-22(25)26-19-10-8-18(9-11-19)20(30)29-15-13-28(14-16-29)12-4-7-17-5-2-1-3-6-17/h1-11H,12-16H2,(H6,23,24,25,26,27). The van der Waals surface area contributed by atoms with Crippen LogP contribution in [0.1, 0.15) is 15.9 Å².